The molecular formula is C19H24N4O2S. The van der Waals surface area contributed by atoms with Crippen molar-refractivity contribution >= 4 is 22.4 Å². The van der Waals surface area contributed by atoms with E-state index in [1.54, 1.807) is 11.3 Å². The molecular weight excluding hydrogens is 348 g/mol. The molecule has 0 spiro atoms. The van der Waals surface area contributed by atoms with Gasteiger partial charge in [0, 0.05) is 31.6 Å². The molecule has 2 aliphatic rings. The third kappa shape index (κ3) is 3.67. The SMILES string of the molecule is CCc1nnc(N2CCCC(CNC(=O)c3ccc4c(c3)CCO4)C2)s1. The van der Waals surface area contributed by atoms with E-state index < -0.39 is 0 Å². The maximum Gasteiger partial charge on any atom is 0.251 e. The summed E-state index contributed by atoms with van der Waals surface area (Å²) in [4.78, 5) is 14.8. The van der Waals surface area contributed by atoms with Crippen molar-refractivity contribution < 1.29 is 9.53 Å². The molecule has 138 valence electrons. The van der Waals surface area contributed by atoms with Crippen LogP contribution < -0.4 is 15.0 Å². The number of hydrogen-bond donors (Lipinski definition) is 1. The van der Waals surface area contributed by atoms with Gasteiger partial charge in [0.15, 0.2) is 0 Å². The number of amides is 1. The zero-order chi connectivity index (χ0) is 17.9. The lowest BCUT2D eigenvalue weighted by Crippen LogP contribution is -2.41. The number of carbonyl (C=O) groups excluding carboxylic acids is 1. The molecule has 1 atom stereocenters. The number of anilines is 1. The summed E-state index contributed by atoms with van der Waals surface area (Å²) in [7, 11) is 0. The smallest absolute Gasteiger partial charge is 0.251 e. The van der Waals surface area contributed by atoms with E-state index in [-0.39, 0.29) is 5.91 Å². The van der Waals surface area contributed by atoms with Gasteiger partial charge >= 0.3 is 0 Å². The first-order valence-corrected chi connectivity index (χ1v) is 10.2. The Kier molecular flexibility index (Phi) is 5.06. The van der Waals surface area contributed by atoms with Gasteiger partial charge in [-0.1, -0.05) is 18.3 Å². The van der Waals surface area contributed by atoms with Crippen molar-refractivity contribution in [2.45, 2.75) is 32.6 Å². The second-order valence-corrected chi connectivity index (χ2v) is 7.96. The first-order valence-electron chi connectivity index (χ1n) is 9.34. The average molecular weight is 372 g/mol. The fourth-order valence-electron chi connectivity index (χ4n) is 3.59. The van der Waals surface area contributed by atoms with Crippen molar-refractivity contribution in [3.8, 4) is 5.75 Å². The molecule has 6 nitrogen and oxygen atoms in total. The van der Waals surface area contributed by atoms with Gasteiger partial charge < -0.3 is 15.0 Å². The molecule has 1 unspecified atom stereocenters. The van der Waals surface area contributed by atoms with Crippen LogP contribution in [-0.4, -0.2) is 42.3 Å². The van der Waals surface area contributed by atoms with E-state index in [0.717, 1.165) is 65.8 Å². The summed E-state index contributed by atoms with van der Waals surface area (Å²) in [5.74, 6) is 1.36. The Balaban J connectivity index is 1.33. The van der Waals surface area contributed by atoms with Crippen molar-refractivity contribution in [3.63, 3.8) is 0 Å². The highest BCUT2D eigenvalue weighted by molar-refractivity contribution is 7.15. The molecule has 0 aliphatic carbocycles. The van der Waals surface area contributed by atoms with Crippen LogP contribution in [0.25, 0.3) is 0 Å². The largest absolute Gasteiger partial charge is 0.493 e. The number of aryl methyl sites for hydroxylation is 1. The third-order valence-corrected chi connectivity index (χ3v) is 6.18. The van der Waals surface area contributed by atoms with Crippen molar-refractivity contribution in [3.05, 3.63) is 34.3 Å². The Morgan fingerprint density at radius 2 is 2.35 bits per heavy atom. The number of rotatable bonds is 5. The van der Waals surface area contributed by atoms with Gasteiger partial charge in [-0.25, -0.2) is 0 Å². The summed E-state index contributed by atoms with van der Waals surface area (Å²) in [5.41, 5.74) is 1.85. The highest BCUT2D eigenvalue weighted by atomic mass is 32.1. The van der Waals surface area contributed by atoms with E-state index in [4.69, 9.17) is 4.74 Å². The highest BCUT2D eigenvalue weighted by Gasteiger charge is 2.23. The van der Waals surface area contributed by atoms with Gasteiger partial charge in [0.05, 0.1) is 6.61 Å². The molecule has 1 saturated heterocycles. The van der Waals surface area contributed by atoms with Crippen LogP contribution in [0.2, 0.25) is 0 Å². The predicted molar refractivity (Wildman–Crippen MR) is 102 cm³/mol. The minimum absolute atomic E-state index is 0.000933. The molecule has 1 aromatic carbocycles. The zero-order valence-electron chi connectivity index (χ0n) is 15.0. The van der Waals surface area contributed by atoms with Crippen LogP contribution in [-0.2, 0) is 12.8 Å². The van der Waals surface area contributed by atoms with E-state index in [1.165, 1.54) is 0 Å². The molecule has 26 heavy (non-hydrogen) atoms. The lowest BCUT2D eigenvalue weighted by Gasteiger charge is -2.32. The monoisotopic (exact) mass is 372 g/mol. The molecule has 1 amide bonds. The van der Waals surface area contributed by atoms with E-state index in [9.17, 15) is 4.79 Å². The number of nitrogens with one attached hydrogen (secondary N) is 1. The molecule has 0 bridgehead atoms. The molecule has 0 saturated carbocycles. The first kappa shape index (κ1) is 17.3. The van der Waals surface area contributed by atoms with Crippen molar-refractivity contribution in [2.24, 2.45) is 5.92 Å². The molecule has 2 aromatic rings. The van der Waals surface area contributed by atoms with Gasteiger partial charge in [-0.3, -0.25) is 4.79 Å². The summed E-state index contributed by atoms with van der Waals surface area (Å²) in [6.07, 6.45) is 4.07. The second-order valence-electron chi connectivity index (χ2n) is 6.92. The topological polar surface area (TPSA) is 67.4 Å². The molecule has 1 fully saturated rings. The third-order valence-electron chi connectivity index (χ3n) is 5.05. The summed E-state index contributed by atoms with van der Waals surface area (Å²) >= 11 is 1.68. The fourth-order valence-corrected chi connectivity index (χ4v) is 4.40. The number of hydrogen-bond acceptors (Lipinski definition) is 6. The molecule has 4 rings (SSSR count). The second kappa shape index (κ2) is 7.61. The van der Waals surface area contributed by atoms with Crippen LogP contribution in [0.4, 0.5) is 5.13 Å². The quantitative estimate of drug-likeness (QED) is 0.874. The van der Waals surface area contributed by atoms with Gasteiger partial charge in [-0.15, -0.1) is 10.2 Å². The maximum atomic E-state index is 12.5. The normalized spacial score (nSPS) is 19.1. The lowest BCUT2D eigenvalue weighted by atomic mass is 9.98. The minimum atomic E-state index is 0.000933. The van der Waals surface area contributed by atoms with Crippen LogP contribution in [0.15, 0.2) is 18.2 Å². The summed E-state index contributed by atoms with van der Waals surface area (Å²) in [6, 6.07) is 5.71. The van der Waals surface area contributed by atoms with E-state index in [1.807, 2.05) is 18.2 Å². The Labute approximate surface area is 157 Å². The number of nitrogens with zero attached hydrogens (tertiary/aromatic N) is 3. The Hall–Kier alpha value is -2.15. The summed E-state index contributed by atoms with van der Waals surface area (Å²) in [6.45, 7) is 5.46. The number of ether oxygens (including phenoxy) is 1. The van der Waals surface area contributed by atoms with Gasteiger partial charge in [0.2, 0.25) is 5.13 Å². The Morgan fingerprint density at radius 3 is 3.19 bits per heavy atom. The van der Waals surface area contributed by atoms with Crippen LogP contribution in [0, 0.1) is 5.92 Å². The molecule has 7 heteroatoms. The minimum Gasteiger partial charge on any atom is -0.493 e. The maximum absolute atomic E-state index is 12.5. The van der Waals surface area contributed by atoms with Crippen molar-refractivity contribution in [2.75, 3.05) is 31.1 Å². The van der Waals surface area contributed by atoms with Crippen molar-refractivity contribution in [1.82, 2.24) is 15.5 Å². The van der Waals surface area contributed by atoms with Crippen LogP contribution in [0.1, 0.15) is 40.7 Å². The molecule has 1 N–H and O–H groups in total. The average Bonchev–Trinajstić information content (AvgIpc) is 3.34. The summed E-state index contributed by atoms with van der Waals surface area (Å²) in [5, 5.41) is 13.7. The Bertz CT molecular complexity index is 792. The number of benzene rings is 1. The zero-order valence-corrected chi connectivity index (χ0v) is 15.8. The molecule has 3 heterocycles. The molecule has 2 aliphatic heterocycles. The predicted octanol–water partition coefficient (Wildman–Crippen LogP) is 2.68. The molecule has 1 aromatic heterocycles. The first-order chi connectivity index (χ1) is 12.7. The van der Waals surface area contributed by atoms with Crippen LogP contribution in [0.5, 0.6) is 5.75 Å². The number of fused-ring (bicyclic) bond motifs is 1. The Morgan fingerprint density at radius 1 is 1.42 bits per heavy atom. The van der Waals surface area contributed by atoms with E-state index in [0.29, 0.717) is 19.1 Å². The van der Waals surface area contributed by atoms with Gasteiger partial charge in [0.25, 0.3) is 5.91 Å². The number of piperidine rings is 1. The van der Waals surface area contributed by atoms with E-state index >= 15 is 0 Å². The number of carbonyl (C=O) groups is 1. The van der Waals surface area contributed by atoms with Gasteiger partial charge in [0.1, 0.15) is 10.8 Å². The van der Waals surface area contributed by atoms with Gasteiger partial charge in [-0.05, 0) is 48.9 Å². The molecule has 0 radical (unpaired) electrons. The highest BCUT2D eigenvalue weighted by Crippen LogP contribution is 2.27. The van der Waals surface area contributed by atoms with Crippen LogP contribution >= 0.6 is 11.3 Å². The standard InChI is InChI=1S/C19H24N4O2S/c1-2-17-21-22-19(26-17)23-8-3-4-13(12-23)11-20-18(24)15-5-6-16-14(10-15)7-9-25-16/h5-6,10,13H,2-4,7-9,11-12H2,1H3,(H,20,24). The van der Waals surface area contributed by atoms with Gasteiger partial charge in [-0.2, -0.15) is 0 Å². The lowest BCUT2D eigenvalue weighted by molar-refractivity contribution is 0.0945. The number of aromatic nitrogens is 2. The van der Waals surface area contributed by atoms with Crippen molar-refractivity contribution in [1.29, 1.82) is 0 Å². The fraction of sp³-hybridized carbons (Fsp3) is 0.526. The summed E-state index contributed by atoms with van der Waals surface area (Å²) < 4.78 is 5.50. The van der Waals surface area contributed by atoms with Crippen LogP contribution in [0.3, 0.4) is 0 Å². The van der Waals surface area contributed by atoms with E-state index in [2.05, 4.69) is 27.3 Å².